The molecule has 0 fully saturated rings. The molecule has 0 radical (unpaired) electrons. The van der Waals surface area contributed by atoms with Gasteiger partial charge in [0.1, 0.15) is 5.75 Å². The number of aromatic nitrogens is 1. The van der Waals surface area contributed by atoms with Crippen LogP contribution in [-0.4, -0.2) is 40.9 Å². The van der Waals surface area contributed by atoms with Gasteiger partial charge in [0.2, 0.25) is 0 Å². The topological polar surface area (TPSA) is 37.6 Å². The highest BCUT2D eigenvalue weighted by molar-refractivity contribution is 5.29. The molecule has 0 saturated carbocycles. The SMILES string of the molecule is COc1cccc(Cn2cccc2CN(CC(C)C)C[C@H](C)O)c1. The Hall–Kier alpha value is -1.78. The van der Waals surface area contributed by atoms with Gasteiger partial charge in [-0.1, -0.05) is 26.0 Å². The lowest BCUT2D eigenvalue weighted by Gasteiger charge is -2.26. The molecule has 0 bridgehead atoms. The van der Waals surface area contributed by atoms with Crippen LogP contribution in [0.1, 0.15) is 32.0 Å². The summed E-state index contributed by atoms with van der Waals surface area (Å²) in [7, 11) is 1.69. The molecule has 1 heterocycles. The second-order valence-electron chi connectivity index (χ2n) is 6.92. The maximum atomic E-state index is 9.76. The lowest BCUT2D eigenvalue weighted by Crippen LogP contribution is -2.34. The van der Waals surface area contributed by atoms with Gasteiger partial charge in [0.25, 0.3) is 0 Å². The number of rotatable bonds is 9. The van der Waals surface area contributed by atoms with Crippen LogP contribution in [-0.2, 0) is 13.1 Å². The van der Waals surface area contributed by atoms with Gasteiger partial charge in [-0.3, -0.25) is 4.90 Å². The molecule has 4 nitrogen and oxygen atoms in total. The molecule has 4 heteroatoms. The van der Waals surface area contributed by atoms with E-state index in [4.69, 9.17) is 4.74 Å². The van der Waals surface area contributed by atoms with Crippen molar-refractivity contribution in [1.29, 1.82) is 0 Å². The van der Waals surface area contributed by atoms with Gasteiger partial charge in [0.05, 0.1) is 13.2 Å². The number of benzene rings is 1. The quantitative estimate of drug-likeness (QED) is 0.766. The number of hydrogen-bond acceptors (Lipinski definition) is 3. The lowest BCUT2D eigenvalue weighted by atomic mass is 10.2. The molecule has 1 aromatic heterocycles. The molecule has 0 aliphatic rings. The van der Waals surface area contributed by atoms with Crippen LogP contribution in [0, 0.1) is 5.92 Å². The van der Waals surface area contributed by atoms with Crippen LogP contribution in [0.2, 0.25) is 0 Å². The fourth-order valence-corrected chi connectivity index (χ4v) is 3.04. The fraction of sp³-hybridized carbons (Fsp3) is 0.500. The molecule has 0 saturated heterocycles. The first-order chi connectivity index (χ1) is 11.5. The zero-order valence-electron chi connectivity index (χ0n) is 15.3. The van der Waals surface area contributed by atoms with E-state index in [2.05, 4.69) is 53.8 Å². The van der Waals surface area contributed by atoms with E-state index in [0.717, 1.165) is 25.4 Å². The van der Waals surface area contributed by atoms with Crippen molar-refractivity contribution in [3.05, 3.63) is 53.9 Å². The summed E-state index contributed by atoms with van der Waals surface area (Å²) in [6, 6.07) is 12.4. The maximum Gasteiger partial charge on any atom is 0.119 e. The normalized spacial score (nSPS) is 12.8. The van der Waals surface area contributed by atoms with Crippen molar-refractivity contribution >= 4 is 0 Å². The predicted octanol–water partition coefficient (Wildman–Crippen LogP) is 3.38. The fourth-order valence-electron chi connectivity index (χ4n) is 3.04. The molecule has 2 rings (SSSR count). The minimum atomic E-state index is -0.314. The van der Waals surface area contributed by atoms with E-state index in [1.54, 1.807) is 7.11 Å². The molecule has 2 aromatic rings. The predicted molar refractivity (Wildman–Crippen MR) is 98.3 cm³/mol. The second-order valence-corrected chi connectivity index (χ2v) is 6.92. The molecule has 1 N–H and O–H groups in total. The van der Waals surface area contributed by atoms with Crippen molar-refractivity contribution in [2.45, 2.75) is 40.0 Å². The zero-order valence-corrected chi connectivity index (χ0v) is 15.3. The van der Waals surface area contributed by atoms with Crippen LogP contribution in [0.3, 0.4) is 0 Å². The zero-order chi connectivity index (χ0) is 17.5. The van der Waals surface area contributed by atoms with E-state index in [-0.39, 0.29) is 6.10 Å². The van der Waals surface area contributed by atoms with Crippen molar-refractivity contribution in [3.8, 4) is 5.75 Å². The van der Waals surface area contributed by atoms with Crippen molar-refractivity contribution in [3.63, 3.8) is 0 Å². The van der Waals surface area contributed by atoms with Gasteiger partial charge < -0.3 is 14.4 Å². The summed E-state index contributed by atoms with van der Waals surface area (Å²) in [5.74, 6) is 1.46. The minimum Gasteiger partial charge on any atom is -0.497 e. The van der Waals surface area contributed by atoms with E-state index in [1.165, 1.54) is 11.3 Å². The molecular weight excluding hydrogens is 300 g/mol. The third kappa shape index (κ3) is 5.69. The molecule has 0 unspecified atom stereocenters. The first-order valence-electron chi connectivity index (χ1n) is 8.65. The van der Waals surface area contributed by atoms with Crippen LogP contribution < -0.4 is 4.74 Å². The Morgan fingerprint density at radius 1 is 1.12 bits per heavy atom. The van der Waals surface area contributed by atoms with E-state index in [1.807, 2.05) is 19.1 Å². The smallest absolute Gasteiger partial charge is 0.119 e. The van der Waals surface area contributed by atoms with Gasteiger partial charge in [0.15, 0.2) is 0 Å². The second kappa shape index (κ2) is 8.90. The monoisotopic (exact) mass is 330 g/mol. The molecule has 132 valence electrons. The van der Waals surface area contributed by atoms with Gasteiger partial charge in [0, 0.05) is 38.1 Å². The average molecular weight is 330 g/mol. The van der Waals surface area contributed by atoms with Crippen LogP contribution in [0.5, 0.6) is 5.75 Å². The summed E-state index contributed by atoms with van der Waals surface area (Å²) >= 11 is 0. The van der Waals surface area contributed by atoms with Crippen LogP contribution >= 0.6 is 0 Å². The van der Waals surface area contributed by atoms with Crippen molar-refractivity contribution < 1.29 is 9.84 Å². The van der Waals surface area contributed by atoms with E-state index in [0.29, 0.717) is 12.5 Å². The molecule has 1 atom stereocenters. The lowest BCUT2D eigenvalue weighted by molar-refractivity contribution is 0.113. The number of hydrogen-bond donors (Lipinski definition) is 1. The largest absolute Gasteiger partial charge is 0.497 e. The molecule has 0 aliphatic heterocycles. The molecule has 0 aliphatic carbocycles. The van der Waals surface area contributed by atoms with Gasteiger partial charge in [-0.2, -0.15) is 0 Å². The highest BCUT2D eigenvalue weighted by atomic mass is 16.5. The summed E-state index contributed by atoms with van der Waals surface area (Å²) in [4.78, 5) is 2.33. The highest BCUT2D eigenvalue weighted by Gasteiger charge is 2.13. The summed E-state index contributed by atoms with van der Waals surface area (Å²) < 4.78 is 7.58. The van der Waals surface area contributed by atoms with Crippen molar-refractivity contribution in [2.75, 3.05) is 20.2 Å². The van der Waals surface area contributed by atoms with Gasteiger partial charge >= 0.3 is 0 Å². The number of methoxy groups -OCH3 is 1. The Balaban J connectivity index is 2.10. The molecule has 1 aromatic carbocycles. The van der Waals surface area contributed by atoms with E-state index >= 15 is 0 Å². The minimum absolute atomic E-state index is 0.314. The molecule has 24 heavy (non-hydrogen) atoms. The van der Waals surface area contributed by atoms with Crippen LogP contribution in [0.15, 0.2) is 42.6 Å². The molecule has 0 amide bonds. The first-order valence-corrected chi connectivity index (χ1v) is 8.65. The molecular formula is C20H30N2O2. The maximum absolute atomic E-state index is 9.76. The van der Waals surface area contributed by atoms with Crippen LogP contribution in [0.4, 0.5) is 0 Å². The number of aliphatic hydroxyl groups is 1. The Kier molecular flexibility index (Phi) is 6.88. The summed E-state index contributed by atoms with van der Waals surface area (Å²) in [6.45, 7) is 9.62. The average Bonchev–Trinajstić information content (AvgIpc) is 2.93. The van der Waals surface area contributed by atoms with Gasteiger partial charge in [-0.05, 0) is 42.7 Å². The van der Waals surface area contributed by atoms with Crippen molar-refractivity contribution in [2.24, 2.45) is 5.92 Å². The van der Waals surface area contributed by atoms with Crippen molar-refractivity contribution in [1.82, 2.24) is 9.47 Å². The van der Waals surface area contributed by atoms with E-state index < -0.39 is 0 Å². The Morgan fingerprint density at radius 3 is 2.58 bits per heavy atom. The number of aliphatic hydroxyl groups excluding tert-OH is 1. The number of ether oxygens (including phenoxy) is 1. The summed E-state index contributed by atoms with van der Waals surface area (Å²) in [5, 5.41) is 9.76. The Labute approximate surface area is 145 Å². The van der Waals surface area contributed by atoms with E-state index in [9.17, 15) is 5.11 Å². The third-order valence-electron chi connectivity index (χ3n) is 3.94. The standard InChI is InChI=1S/C20H30N2O2/c1-16(2)12-21(13-17(3)23)15-19-8-6-10-22(19)14-18-7-5-9-20(11-18)24-4/h5-11,16-17,23H,12-15H2,1-4H3/t17-/m0/s1. The highest BCUT2D eigenvalue weighted by Crippen LogP contribution is 2.16. The molecule has 0 spiro atoms. The van der Waals surface area contributed by atoms with Gasteiger partial charge in [-0.15, -0.1) is 0 Å². The Morgan fingerprint density at radius 2 is 1.92 bits per heavy atom. The summed E-state index contributed by atoms with van der Waals surface area (Å²) in [5.41, 5.74) is 2.48. The van der Waals surface area contributed by atoms with Crippen LogP contribution in [0.25, 0.3) is 0 Å². The van der Waals surface area contributed by atoms with Gasteiger partial charge in [-0.25, -0.2) is 0 Å². The number of nitrogens with zero attached hydrogens (tertiary/aromatic N) is 2. The first kappa shape index (κ1) is 18.6. The third-order valence-corrected chi connectivity index (χ3v) is 3.94. The Bertz CT molecular complexity index is 610. The summed E-state index contributed by atoms with van der Waals surface area (Å²) in [6.07, 6.45) is 1.80.